The van der Waals surface area contributed by atoms with E-state index in [9.17, 15) is 4.79 Å². The quantitative estimate of drug-likeness (QED) is 0.698. The molecule has 1 unspecified atom stereocenters. The van der Waals surface area contributed by atoms with Gasteiger partial charge in [0.1, 0.15) is 17.0 Å². The molecule has 134 valence electrons. The maximum atomic E-state index is 10.8. The highest BCUT2D eigenvalue weighted by Gasteiger charge is 2.13. The van der Waals surface area contributed by atoms with E-state index in [-0.39, 0.29) is 5.88 Å². The van der Waals surface area contributed by atoms with Crippen molar-refractivity contribution in [2.75, 3.05) is 7.11 Å². The molecule has 26 heavy (non-hydrogen) atoms. The number of rotatable bonds is 6. The van der Waals surface area contributed by atoms with Gasteiger partial charge in [-0.25, -0.2) is 14.8 Å². The molecule has 0 fully saturated rings. The zero-order valence-corrected chi connectivity index (χ0v) is 14.7. The number of hydrogen-bond donors (Lipinski definition) is 1. The second-order valence-electron chi connectivity index (χ2n) is 5.33. The summed E-state index contributed by atoms with van der Waals surface area (Å²) in [5, 5.41) is 9.29. The van der Waals surface area contributed by atoms with E-state index in [0.717, 1.165) is 0 Å². The minimum Gasteiger partial charge on any atom is -0.493 e. The fourth-order valence-corrected chi connectivity index (χ4v) is 2.45. The molecule has 1 aromatic heterocycles. The van der Waals surface area contributed by atoms with Gasteiger partial charge in [0.15, 0.2) is 11.9 Å². The number of hydrogen-bond acceptors (Lipinski definition) is 6. The van der Waals surface area contributed by atoms with Crippen molar-refractivity contribution in [2.45, 2.75) is 13.0 Å². The summed E-state index contributed by atoms with van der Waals surface area (Å²) in [6, 6.07) is 9.94. The Labute approximate surface area is 154 Å². The molecule has 3 aromatic rings. The van der Waals surface area contributed by atoms with Gasteiger partial charge in [-0.15, -0.1) is 0 Å². The molecule has 0 aliphatic carbocycles. The van der Waals surface area contributed by atoms with E-state index >= 15 is 0 Å². The number of carboxylic acid groups (broad SMARTS) is 1. The molecule has 7 nitrogen and oxygen atoms in total. The lowest BCUT2D eigenvalue weighted by molar-refractivity contribution is -0.144. The molecule has 1 heterocycles. The number of aromatic nitrogens is 2. The van der Waals surface area contributed by atoms with Crippen molar-refractivity contribution in [3.63, 3.8) is 0 Å². The summed E-state index contributed by atoms with van der Waals surface area (Å²) in [6.07, 6.45) is 0.553. The highest BCUT2D eigenvalue weighted by atomic mass is 35.5. The number of benzene rings is 2. The Morgan fingerprint density at radius 1 is 1.15 bits per heavy atom. The Morgan fingerprint density at radius 2 is 1.85 bits per heavy atom. The molecule has 1 N–H and O–H groups in total. The smallest absolute Gasteiger partial charge is 0.344 e. The maximum Gasteiger partial charge on any atom is 0.344 e. The Kier molecular flexibility index (Phi) is 5.09. The van der Waals surface area contributed by atoms with Gasteiger partial charge in [0.2, 0.25) is 5.88 Å². The van der Waals surface area contributed by atoms with Crippen LogP contribution in [-0.4, -0.2) is 34.3 Å². The van der Waals surface area contributed by atoms with Crippen molar-refractivity contribution in [3.8, 4) is 23.1 Å². The van der Waals surface area contributed by atoms with E-state index in [1.165, 1.54) is 20.2 Å². The third-order valence-corrected chi connectivity index (χ3v) is 3.81. The molecule has 0 aliphatic rings. The number of methoxy groups -OCH3 is 1. The average molecular weight is 375 g/mol. The van der Waals surface area contributed by atoms with Gasteiger partial charge in [0.25, 0.3) is 0 Å². The lowest BCUT2D eigenvalue weighted by Crippen LogP contribution is -2.22. The zero-order chi connectivity index (χ0) is 18.7. The number of halogens is 1. The second kappa shape index (κ2) is 7.45. The standard InChI is InChI=1S/C18H15ClN2O5/c1-10(18(22)23)25-11-3-5-12(6-4-11)26-15-9-20-14-8-7-13(19)17(24-2)16(14)21-15/h3-10H,1-2H3,(H,22,23). The highest BCUT2D eigenvalue weighted by molar-refractivity contribution is 6.33. The number of carboxylic acids is 1. The van der Waals surface area contributed by atoms with Crippen molar-refractivity contribution in [1.29, 1.82) is 0 Å². The average Bonchev–Trinajstić information content (AvgIpc) is 2.63. The first-order valence-corrected chi connectivity index (χ1v) is 8.02. The minimum absolute atomic E-state index is 0.269. The summed E-state index contributed by atoms with van der Waals surface area (Å²) in [5.41, 5.74) is 1.12. The number of fused-ring (bicyclic) bond motifs is 1. The van der Waals surface area contributed by atoms with Gasteiger partial charge in [-0.05, 0) is 43.3 Å². The molecule has 0 bridgehead atoms. The van der Waals surface area contributed by atoms with Crippen molar-refractivity contribution >= 4 is 28.6 Å². The van der Waals surface area contributed by atoms with Crippen LogP contribution < -0.4 is 14.2 Å². The van der Waals surface area contributed by atoms with Crippen LogP contribution in [0.2, 0.25) is 5.02 Å². The number of aliphatic carboxylic acids is 1. The summed E-state index contributed by atoms with van der Waals surface area (Å²) in [6.45, 7) is 1.45. The van der Waals surface area contributed by atoms with Gasteiger partial charge >= 0.3 is 5.97 Å². The first-order chi connectivity index (χ1) is 12.5. The van der Waals surface area contributed by atoms with Gasteiger partial charge in [-0.2, -0.15) is 0 Å². The van der Waals surface area contributed by atoms with Crippen molar-refractivity contribution in [1.82, 2.24) is 9.97 Å². The number of carbonyl (C=O) groups is 1. The van der Waals surface area contributed by atoms with Crippen LogP contribution in [0, 0.1) is 0 Å². The largest absolute Gasteiger partial charge is 0.493 e. The molecular formula is C18H15ClN2O5. The highest BCUT2D eigenvalue weighted by Crippen LogP contribution is 2.32. The monoisotopic (exact) mass is 374 g/mol. The number of ether oxygens (including phenoxy) is 3. The molecule has 8 heteroatoms. The predicted molar refractivity (Wildman–Crippen MR) is 95.3 cm³/mol. The van der Waals surface area contributed by atoms with Crippen LogP contribution in [0.25, 0.3) is 11.0 Å². The Bertz CT molecular complexity index is 946. The lowest BCUT2D eigenvalue weighted by Gasteiger charge is -2.11. The van der Waals surface area contributed by atoms with Crippen LogP contribution in [0.5, 0.6) is 23.1 Å². The fraction of sp³-hybridized carbons (Fsp3) is 0.167. The van der Waals surface area contributed by atoms with E-state index in [4.69, 9.17) is 30.9 Å². The van der Waals surface area contributed by atoms with Gasteiger partial charge < -0.3 is 19.3 Å². The van der Waals surface area contributed by atoms with Crippen LogP contribution >= 0.6 is 11.6 Å². The topological polar surface area (TPSA) is 90.8 Å². The summed E-state index contributed by atoms with van der Waals surface area (Å²) in [4.78, 5) is 19.5. The van der Waals surface area contributed by atoms with E-state index in [1.807, 2.05) is 0 Å². The SMILES string of the molecule is COc1c(Cl)ccc2ncc(Oc3ccc(OC(C)C(=O)O)cc3)nc12. The zero-order valence-electron chi connectivity index (χ0n) is 14.0. The Morgan fingerprint density at radius 3 is 2.50 bits per heavy atom. The van der Waals surface area contributed by atoms with Crippen molar-refractivity contribution in [3.05, 3.63) is 47.6 Å². The van der Waals surface area contributed by atoms with Gasteiger partial charge in [0.05, 0.1) is 23.8 Å². The summed E-state index contributed by atoms with van der Waals surface area (Å²) in [5.74, 6) is 0.573. The summed E-state index contributed by atoms with van der Waals surface area (Å²) >= 11 is 6.11. The summed E-state index contributed by atoms with van der Waals surface area (Å²) in [7, 11) is 1.51. The molecule has 0 aliphatic heterocycles. The third kappa shape index (κ3) is 3.78. The van der Waals surface area contributed by atoms with Crippen LogP contribution in [0.3, 0.4) is 0 Å². The molecule has 1 atom stereocenters. The molecule has 0 spiro atoms. The minimum atomic E-state index is -1.04. The van der Waals surface area contributed by atoms with E-state index in [1.54, 1.807) is 36.4 Å². The fourth-order valence-electron chi connectivity index (χ4n) is 2.22. The van der Waals surface area contributed by atoms with E-state index < -0.39 is 12.1 Å². The predicted octanol–water partition coefficient (Wildman–Crippen LogP) is 3.94. The van der Waals surface area contributed by atoms with Gasteiger partial charge in [-0.1, -0.05) is 11.6 Å². The van der Waals surface area contributed by atoms with Crippen molar-refractivity contribution < 1.29 is 24.1 Å². The molecule has 0 amide bonds. The van der Waals surface area contributed by atoms with Crippen LogP contribution in [0.1, 0.15) is 6.92 Å². The Hall–Kier alpha value is -3.06. The van der Waals surface area contributed by atoms with Crippen LogP contribution in [0.15, 0.2) is 42.6 Å². The lowest BCUT2D eigenvalue weighted by atomic mass is 10.3. The van der Waals surface area contributed by atoms with Crippen LogP contribution in [-0.2, 0) is 4.79 Å². The molecule has 0 saturated carbocycles. The molecular weight excluding hydrogens is 360 g/mol. The second-order valence-corrected chi connectivity index (χ2v) is 5.74. The molecule has 2 aromatic carbocycles. The van der Waals surface area contributed by atoms with E-state index in [2.05, 4.69) is 9.97 Å². The molecule has 3 rings (SSSR count). The maximum absolute atomic E-state index is 10.8. The van der Waals surface area contributed by atoms with E-state index in [0.29, 0.717) is 33.3 Å². The van der Waals surface area contributed by atoms with Gasteiger partial charge in [0, 0.05) is 0 Å². The van der Waals surface area contributed by atoms with Crippen LogP contribution in [0.4, 0.5) is 0 Å². The Balaban J connectivity index is 1.81. The molecule has 0 saturated heterocycles. The number of nitrogens with zero attached hydrogens (tertiary/aromatic N) is 2. The summed E-state index contributed by atoms with van der Waals surface area (Å²) < 4.78 is 16.2. The first-order valence-electron chi connectivity index (χ1n) is 7.64. The normalized spacial score (nSPS) is 11.8. The van der Waals surface area contributed by atoms with Gasteiger partial charge in [-0.3, -0.25) is 0 Å². The third-order valence-electron chi connectivity index (χ3n) is 3.51. The molecule has 0 radical (unpaired) electrons. The first kappa shape index (κ1) is 17.8. The van der Waals surface area contributed by atoms with Crippen molar-refractivity contribution in [2.24, 2.45) is 0 Å².